The van der Waals surface area contributed by atoms with E-state index < -0.39 is 0 Å². The van der Waals surface area contributed by atoms with Gasteiger partial charge in [-0.15, -0.1) is 0 Å². The van der Waals surface area contributed by atoms with E-state index in [9.17, 15) is 4.79 Å². The minimum Gasteiger partial charge on any atom is -0.357 e. The van der Waals surface area contributed by atoms with Gasteiger partial charge in [-0.2, -0.15) is 0 Å². The molecule has 0 radical (unpaired) electrons. The van der Waals surface area contributed by atoms with Gasteiger partial charge in [0.2, 0.25) is 0 Å². The number of anilines is 1. The standard InChI is InChI=1S/C20H32N4O/c1-22(2)13-9-17-10-14-24(16-17)20(25)18-7-8-19(21-15-18)23-11-5-3-4-6-12-23/h7-8,15,17H,3-6,9-14,16H2,1-2H3. The van der Waals surface area contributed by atoms with E-state index >= 15 is 0 Å². The van der Waals surface area contributed by atoms with Gasteiger partial charge in [0.15, 0.2) is 0 Å². The predicted molar refractivity (Wildman–Crippen MR) is 102 cm³/mol. The van der Waals surface area contributed by atoms with Crippen LogP contribution in [0.2, 0.25) is 0 Å². The van der Waals surface area contributed by atoms with Crippen LogP contribution >= 0.6 is 0 Å². The minimum absolute atomic E-state index is 0.141. The summed E-state index contributed by atoms with van der Waals surface area (Å²) in [6.07, 6.45) is 9.18. The van der Waals surface area contributed by atoms with Crippen molar-refractivity contribution >= 4 is 11.7 Å². The van der Waals surface area contributed by atoms with Crippen molar-refractivity contribution in [1.82, 2.24) is 14.8 Å². The zero-order valence-corrected chi connectivity index (χ0v) is 15.8. The van der Waals surface area contributed by atoms with Crippen molar-refractivity contribution in [1.29, 1.82) is 0 Å². The second-order valence-electron chi connectivity index (χ2n) is 7.80. The fraction of sp³-hybridized carbons (Fsp3) is 0.700. The first-order valence-corrected chi connectivity index (χ1v) is 9.78. The molecule has 0 bridgehead atoms. The number of likely N-dealkylation sites (tertiary alicyclic amines) is 1. The van der Waals surface area contributed by atoms with Gasteiger partial charge in [-0.25, -0.2) is 4.98 Å². The molecule has 138 valence electrons. The Morgan fingerprint density at radius 1 is 1.16 bits per heavy atom. The minimum atomic E-state index is 0.141. The summed E-state index contributed by atoms with van der Waals surface area (Å²) in [7, 11) is 4.21. The number of aromatic nitrogens is 1. The molecule has 5 nitrogen and oxygen atoms in total. The first-order valence-electron chi connectivity index (χ1n) is 9.78. The first kappa shape index (κ1) is 18.2. The van der Waals surface area contributed by atoms with Crippen LogP contribution in [0.1, 0.15) is 48.9 Å². The van der Waals surface area contributed by atoms with Gasteiger partial charge in [0.1, 0.15) is 5.82 Å². The van der Waals surface area contributed by atoms with Crippen LogP contribution < -0.4 is 4.90 Å². The van der Waals surface area contributed by atoms with Gasteiger partial charge in [0.25, 0.3) is 5.91 Å². The normalized spacial score (nSPS) is 21.6. The number of nitrogens with zero attached hydrogens (tertiary/aromatic N) is 4. The number of amides is 1. The molecule has 0 N–H and O–H groups in total. The van der Waals surface area contributed by atoms with E-state index in [1.54, 1.807) is 6.20 Å². The number of hydrogen-bond acceptors (Lipinski definition) is 4. The molecular formula is C20H32N4O. The summed E-state index contributed by atoms with van der Waals surface area (Å²) >= 11 is 0. The van der Waals surface area contributed by atoms with Crippen LogP contribution in [0.3, 0.4) is 0 Å². The summed E-state index contributed by atoms with van der Waals surface area (Å²) in [5.74, 6) is 1.79. The number of hydrogen-bond donors (Lipinski definition) is 0. The number of pyridine rings is 1. The molecule has 0 aliphatic carbocycles. The summed E-state index contributed by atoms with van der Waals surface area (Å²) in [5, 5.41) is 0. The molecule has 2 saturated heterocycles. The lowest BCUT2D eigenvalue weighted by atomic mass is 10.1. The molecule has 2 fully saturated rings. The van der Waals surface area contributed by atoms with Crippen LogP contribution in [0.4, 0.5) is 5.82 Å². The molecule has 0 aromatic carbocycles. The zero-order chi connectivity index (χ0) is 17.6. The molecule has 2 aliphatic rings. The fourth-order valence-electron chi connectivity index (χ4n) is 3.88. The van der Waals surface area contributed by atoms with Crippen molar-refractivity contribution in [2.45, 2.75) is 38.5 Å². The van der Waals surface area contributed by atoms with E-state index in [4.69, 9.17) is 0 Å². The van der Waals surface area contributed by atoms with E-state index in [-0.39, 0.29) is 5.91 Å². The highest BCUT2D eigenvalue weighted by molar-refractivity contribution is 5.94. The van der Waals surface area contributed by atoms with Crippen LogP contribution in [0.5, 0.6) is 0 Å². The van der Waals surface area contributed by atoms with Gasteiger partial charge in [0, 0.05) is 32.4 Å². The van der Waals surface area contributed by atoms with Gasteiger partial charge in [0.05, 0.1) is 5.56 Å². The van der Waals surface area contributed by atoms with Gasteiger partial charge in [-0.3, -0.25) is 4.79 Å². The molecule has 25 heavy (non-hydrogen) atoms. The van der Waals surface area contributed by atoms with Gasteiger partial charge in [-0.05, 0) is 64.4 Å². The average molecular weight is 345 g/mol. The average Bonchev–Trinajstić information content (AvgIpc) is 2.93. The van der Waals surface area contributed by atoms with Crippen LogP contribution in [0, 0.1) is 5.92 Å². The first-order chi connectivity index (χ1) is 12.1. The third kappa shape index (κ3) is 4.94. The highest BCUT2D eigenvalue weighted by Crippen LogP contribution is 2.22. The topological polar surface area (TPSA) is 39.7 Å². The van der Waals surface area contributed by atoms with Crippen molar-refractivity contribution in [3.8, 4) is 0 Å². The number of carbonyl (C=O) groups is 1. The molecule has 0 saturated carbocycles. The molecule has 3 heterocycles. The molecule has 0 spiro atoms. The van der Waals surface area contributed by atoms with E-state index in [0.717, 1.165) is 50.5 Å². The summed E-state index contributed by atoms with van der Waals surface area (Å²) in [4.78, 5) is 23.9. The van der Waals surface area contributed by atoms with Crippen molar-refractivity contribution in [2.24, 2.45) is 5.92 Å². The largest absolute Gasteiger partial charge is 0.357 e. The van der Waals surface area contributed by atoms with Crippen LogP contribution in [0.25, 0.3) is 0 Å². The summed E-state index contributed by atoms with van der Waals surface area (Å²) < 4.78 is 0. The highest BCUT2D eigenvalue weighted by Gasteiger charge is 2.27. The summed E-state index contributed by atoms with van der Waals surface area (Å²) in [6.45, 7) is 5.03. The third-order valence-electron chi connectivity index (χ3n) is 5.48. The molecule has 5 heteroatoms. The lowest BCUT2D eigenvalue weighted by molar-refractivity contribution is 0.0785. The van der Waals surface area contributed by atoms with Gasteiger partial charge in [-0.1, -0.05) is 12.8 Å². The Morgan fingerprint density at radius 3 is 2.56 bits per heavy atom. The number of carbonyl (C=O) groups excluding carboxylic acids is 1. The van der Waals surface area contributed by atoms with Crippen molar-refractivity contribution < 1.29 is 4.79 Å². The Kier molecular flexibility index (Phi) is 6.29. The Balaban J connectivity index is 1.56. The second kappa shape index (κ2) is 8.65. The summed E-state index contributed by atoms with van der Waals surface area (Å²) in [6, 6.07) is 3.99. The maximum absolute atomic E-state index is 12.7. The van der Waals surface area contributed by atoms with Crippen molar-refractivity contribution in [3.05, 3.63) is 23.9 Å². The molecular weight excluding hydrogens is 312 g/mol. The van der Waals surface area contributed by atoms with E-state index in [1.165, 1.54) is 32.1 Å². The zero-order valence-electron chi connectivity index (χ0n) is 15.8. The number of rotatable bonds is 5. The Labute approximate surface area is 152 Å². The van der Waals surface area contributed by atoms with Crippen molar-refractivity contribution in [2.75, 3.05) is 51.7 Å². The second-order valence-corrected chi connectivity index (χ2v) is 7.80. The molecule has 1 aromatic rings. The monoisotopic (exact) mass is 344 g/mol. The molecule has 1 unspecified atom stereocenters. The molecule has 2 aliphatic heterocycles. The smallest absolute Gasteiger partial charge is 0.255 e. The Morgan fingerprint density at radius 2 is 1.92 bits per heavy atom. The van der Waals surface area contributed by atoms with Crippen LogP contribution in [-0.2, 0) is 0 Å². The SMILES string of the molecule is CN(C)CCC1CCN(C(=O)c2ccc(N3CCCCCC3)nc2)C1. The lowest BCUT2D eigenvalue weighted by Crippen LogP contribution is -2.29. The Hall–Kier alpha value is -1.62. The molecule has 1 atom stereocenters. The molecule has 1 aromatic heterocycles. The van der Waals surface area contributed by atoms with Crippen molar-refractivity contribution in [3.63, 3.8) is 0 Å². The fourth-order valence-corrected chi connectivity index (χ4v) is 3.88. The molecule has 3 rings (SSSR count). The van der Waals surface area contributed by atoms with E-state index in [0.29, 0.717) is 5.92 Å². The maximum atomic E-state index is 12.7. The van der Waals surface area contributed by atoms with E-state index in [2.05, 4.69) is 28.9 Å². The van der Waals surface area contributed by atoms with Gasteiger partial charge >= 0.3 is 0 Å². The van der Waals surface area contributed by atoms with Crippen LogP contribution in [-0.4, -0.2) is 67.5 Å². The lowest BCUT2D eigenvalue weighted by Gasteiger charge is -2.22. The van der Waals surface area contributed by atoms with Crippen LogP contribution in [0.15, 0.2) is 18.3 Å². The third-order valence-corrected chi connectivity index (χ3v) is 5.48. The maximum Gasteiger partial charge on any atom is 0.255 e. The van der Waals surface area contributed by atoms with Gasteiger partial charge < -0.3 is 14.7 Å². The van der Waals surface area contributed by atoms with E-state index in [1.807, 2.05) is 17.0 Å². The molecule has 1 amide bonds. The highest BCUT2D eigenvalue weighted by atomic mass is 16.2. The predicted octanol–water partition coefficient (Wildman–Crippen LogP) is 2.88. The summed E-state index contributed by atoms with van der Waals surface area (Å²) in [5.41, 5.74) is 0.729. The quantitative estimate of drug-likeness (QED) is 0.823. The Bertz CT molecular complexity index is 549.